The zero-order chi connectivity index (χ0) is 18.4. The van der Waals surface area contributed by atoms with Gasteiger partial charge in [0.1, 0.15) is 5.76 Å². The summed E-state index contributed by atoms with van der Waals surface area (Å²) in [4.78, 5) is 14.4. The third-order valence-corrected chi connectivity index (χ3v) is 4.35. The highest BCUT2D eigenvalue weighted by atomic mass is 35.5. The van der Waals surface area contributed by atoms with E-state index in [-0.39, 0.29) is 12.5 Å². The summed E-state index contributed by atoms with van der Waals surface area (Å²) in [5, 5.41) is 0.733. The van der Waals surface area contributed by atoms with Gasteiger partial charge in [0, 0.05) is 6.54 Å². The Kier molecular flexibility index (Phi) is 6.21. The molecule has 1 aromatic heterocycles. The molecule has 0 N–H and O–H groups in total. The van der Waals surface area contributed by atoms with Crippen LogP contribution < -0.4 is 4.74 Å². The second kappa shape index (κ2) is 8.79. The zero-order valence-electron chi connectivity index (χ0n) is 13.9. The first-order chi connectivity index (χ1) is 12.6. The first kappa shape index (κ1) is 18.4. The minimum absolute atomic E-state index is 0.170. The number of hydrogen-bond donors (Lipinski definition) is 0. The van der Waals surface area contributed by atoms with Gasteiger partial charge in [0.15, 0.2) is 12.4 Å². The summed E-state index contributed by atoms with van der Waals surface area (Å²) in [7, 11) is 0. The molecule has 6 heteroatoms. The van der Waals surface area contributed by atoms with Crippen LogP contribution in [0.5, 0.6) is 5.75 Å². The molecule has 2 aromatic carbocycles. The Hall–Kier alpha value is -2.43. The van der Waals surface area contributed by atoms with E-state index in [0.717, 1.165) is 5.56 Å². The van der Waals surface area contributed by atoms with Crippen LogP contribution in [0.25, 0.3) is 0 Å². The molecule has 26 heavy (non-hydrogen) atoms. The number of carbonyl (C=O) groups is 1. The van der Waals surface area contributed by atoms with E-state index in [4.69, 9.17) is 32.4 Å². The van der Waals surface area contributed by atoms with Gasteiger partial charge in [0.2, 0.25) is 0 Å². The predicted molar refractivity (Wildman–Crippen MR) is 101 cm³/mol. The fourth-order valence-electron chi connectivity index (χ4n) is 2.47. The molecule has 0 saturated carbocycles. The van der Waals surface area contributed by atoms with Crippen molar-refractivity contribution in [3.05, 3.63) is 88.3 Å². The van der Waals surface area contributed by atoms with E-state index in [1.807, 2.05) is 36.4 Å². The van der Waals surface area contributed by atoms with Crippen LogP contribution in [0.2, 0.25) is 10.0 Å². The molecule has 0 unspecified atom stereocenters. The Balaban J connectivity index is 1.71. The largest absolute Gasteiger partial charge is 0.481 e. The van der Waals surface area contributed by atoms with Gasteiger partial charge in [-0.3, -0.25) is 4.79 Å². The Morgan fingerprint density at radius 3 is 2.31 bits per heavy atom. The maximum atomic E-state index is 12.7. The lowest BCUT2D eigenvalue weighted by Crippen LogP contribution is -2.34. The molecule has 3 aromatic rings. The molecule has 0 atom stereocenters. The number of para-hydroxylation sites is 1. The highest BCUT2D eigenvalue weighted by Crippen LogP contribution is 2.32. The Morgan fingerprint density at radius 1 is 0.923 bits per heavy atom. The summed E-state index contributed by atoms with van der Waals surface area (Å²) in [6, 6.07) is 18.4. The average Bonchev–Trinajstić information content (AvgIpc) is 3.14. The molecule has 0 saturated heterocycles. The lowest BCUT2D eigenvalue weighted by Gasteiger charge is -2.22. The van der Waals surface area contributed by atoms with Crippen molar-refractivity contribution in [3.63, 3.8) is 0 Å². The summed E-state index contributed by atoms with van der Waals surface area (Å²) in [5.41, 5.74) is 1.02. The quantitative estimate of drug-likeness (QED) is 0.557. The molecule has 0 spiro atoms. The highest BCUT2D eigenvalue weighted by Gasteiger charge is 2.18. The predicted octanol–water partition coefficient (Wildman–Crippen LogP) is 5.19. The van der Waals surface area contributed by atoms with Crippen molar-refractivity contribution in [1.82, 2.24) is 4.90 Å². The van der Waals surface area contributed by atoms with Crippen LogP contribution in [0.1, 0.15) is 11.3 Å². The molecule has 0 aliphatic carbocycles. The Labute approximate surface area is 161 Å². The van der Waals surface area contributed by atoms with Gasteiger partial charge in [-0.1, -0.05) is 59.6 Å². The number of benzene rings is 2. The standard InChI is InChI=1S/C20H17Cl2NO3/c21-17-9-4-10-18(22)20(17)26-14-19(24)23(13-16-8-5-11-25-16)12-15-6-2-1-3-7-15/h1-11H,12-14H2. The van der Waals surface area contributed by atoms with Crippen LogP contribution in [-0.2, 0) is 17.9 Å². The van der Waals surface area contributed by atoms with Gasteiger partial charge >= 0.3 is 0 Å². The summed E-state index contributed by atoms with van der Waals surface area (Å²) in [6.07, 6.45) is 1.58. The molecule has 1 amide bonds. The van der Waals surface area contributed by atoms with Crippen molar-refractivity contribution in [2.45, 2.75) is 13.1 Å². The molecule has 134 valence electrons. The van der Waals surface area contributed by atoms with Gasteiger partial charge in [-0.05, 0) is 29.8 Å². The molecule has 0 fully saturated rings. The monoisotopic (exact) mass is 389 g/mol. The minimum atomic E-state index is -0.193. The average molecular weight is 390 g/mol. The van der Waals surface area contributed by atoms with Gasteiger partial charge in [-0.25, -0.2) is 0 Å². The fraction of sp³-hybridized carbons (Fsp3) is 0.150. The van der Waals surface area contributed by atoms with E-state index >= 15 is 0 Å². The Morgan fingerprint density at radius 2 is 1.65 bits per heavy atom. The third kappa shape index (κ3) is 4.81. The molecule has 0 radical (unpaired) electrons. The maximum absolute atomic E-state index is 12.7. The molecule has 1 heterocycles. The highest BCUT2D eigenvalue weighted by molar-refractivity contribution is 6.37. The number of hydrogen-bond acceptors (Lipinski definition) is 3. The number of halogens is 2. The zero-order valence-corrected chi connectivity index (χ0v) is 15.4. The first-order valence-electron chi connectivity index (χ1n) is 8.04. The van der Waals surface area contributed by atoms with Gasteiger partial charge in [0.05, 0.1) is 22.9 Å². The van der Waals surface area contributed by atoms with Crippen LogP contribution in [-0.4, -0.2) is 17.4 Å². The smallest absolute Gasteiger partial charge is 0.261 e. The lowest BCUT2D eigenvalue weighted by molar-refractivity contribution is -0.134. The first-order valence-corrected chi connectivity index (χ1v) is 8.80. The van der Waals surface area contributed by atoms with Gasteiger partial charge in [0.25, 0.3) is 5.91 Å². The van der Waals surface area contributed by atoms with Gasteiger partial charge < -0.3 is 14.1 Å². The van der Waals surface area contributed by atoms with E-state index in [1.165, 1.54) is 0 Å². The van der Waals surface area contributed by atoms with Crippen LogP contribution in [0.4, 0.5) is 0 Å². The van der Waals surface area contributed by atoms with Gasteiger partial charge in [-0.15, -0.1) is 0 Å². The van der Waals surface area contributed by atoms with Crippen LogP contribution in [0, 0.1) is 0 Å². The van der Waals surface area contributed by atoms with E-state index in [9.17, 15) is 4.79 Å². The van der Waals surface area contributed by atoms with Crippen LogP contribution >= 0.6 is 23.2 Å². The van der Waals surface area contributed by atoms with Crippen molar-refractivity contribution in [1.29, 1.82) is 0 Å². The number of rotatable bonds is 7. The topological polar surface area (TPSA) is 42.7 Å². The SMILES string of the molecule is O=C(COc1c(Cl)cccc1Cl)N(Cc1ccccc1)Cc1ccco1. The van der Waals surface area contributed by atoms with Crippen LogP contribution in [0.15, 0.2) is 71.3 Å². The van der Waals surface area contributed by atoms with Crippen molar-refractivity contribution >= 4 is 29.1 Å². The van der Waals surface area contributed by atoms with Crippen molar-refractivity contribution in [3.8, 4) is 5.75 Å². The number of nitrogens with zero attached hydrogens (tertiary/aromatic N) is 1. The van der Waals surface area contributed by atoms with Gasteiger partial charge in [-0.2, -0.15) is 0 Å². The minimum Gasteiger partial charge on any atom is -0.481 e. The number of furan rings is 1. The number of carbonyl (C=O) groups excluding carboxylic acids is 1. The maximum Gasteiger partial charge on any atom is 0.261 e. The molecule has 0 aliphatic heterocycles. The fourth-order valence-corrected chi connectivity index (χ4v) is 2.98. The molecular weight excluding hydrogens is 373 g/mol. The van der Waals surface area contributed by atoms with E-state index in [2.05, 4.69) is 0 Å². The summed E-state index contributed by atoms with van der Waals surface area (Å²) in [6.45, 7) is 0.622. The molecule has 3 rings (SSSR count). The normalized spacial score (nSPS) is 10.5. The van der Waals surface area contributed by atoms with Crippen molar-refractivity contribution in [2.24, 2.45) is 0 Å². The summed E-state index contributed by atoms with van der Waals surface area (Å²) < 4.78 is 11.0. The van der Waals surface area contributed by atoms with E-state index in [0.29, 0.717) is 34.6 Å². The third-order valence-electron chi connectivity index (χ3n) is 3.75. The lowest BCUT2D eigenvalue weighted by atomic mass is 10.2. The molecule has 0 bridgehead atoms. The second-order valence-corrected chi connectivity index (χ2v) is 6.47. The van der Waals surface area contributed by atoms with Crippen molar-refractivity contribution < 1.29 is 13.9 Å². The number of amides is 1. The molecule has 0 aliphatic rings. The molecular formula is C20H17Cl2NO3. The molecule has 4 nitrogen and oxygen atoms in total. The van der Waals surface area contributed by atoms with Crippen molar-refractivity contribution in [2.75, 3.05) is 6.61 Å². The summed E-state index contributed by atoms with van der Waals surface area (Å²) in [5.74, 6) is 0.813. The Bertz CT molecular complexity index is 831. The summed E-state index contributed by atoms with van der Waals surface area (Å²) >= 11 is 12.2. The van der Waals surface area contributed by atoms with Crippen LogP contribution in [0.3, 0.4) is 0 Å². The second-order valence-electron chi connectivity index (χ2n) is 5.65. The van der Waals surface area contributed by atoms with E-state index < -0.39 is 0 Å². The number of ether oxygens (including phenoxy) is 1. The van der Waals surface area contributed by atoms with E-state index in [1.54, 1.807) is 35.4 Å².